The van der Waals surface area contributed by atoms with Gasteiger partial charge >= 0.3 is 0 Å². The van der Waals surface area contributed by atoms with Crippen molar-refractivity contribution in [3.05, 3.63) is 96.1 Å². The van der Waals surface area contributed by atoms with E-state index in [1.165, 1.54) is 49.4 Å². The van der Waals surface area contributed by atoms with E-state index in [0.717, 1.165) is 21.3 Å². The molecule has 0 aliphatic heterocycles. The van der Waals surface area contributed by atoms with Crippen LogP contribution in [0.5, 0.6) is 0 Å². The number of benzene rings is 3. The van der Waals surface area contributed by atoms with Gasteiger partial charge in [0.2, 0.25) is 11.8 Å². The number of amides is 2. The molecule has 10 heteroatoms. The second-order valence-electron chi connectivity index (χ2n) is 8.91. The molecule has 0 aliphatic carbocycles. The summed E-state index contributed by atoms with van der Waals surface area (Å²) < 4.78 is 56.2. The normalized spacial score (nSPS) is 12.9. The Bertz CT molecular complexity index is 1350. The molecule has 0 bridgehead atoms. The first-order valence-corrected chi connectivity index (χ1v) is 13.6. The minimum absolute atomic E-state index is 0.0613. The van der Waals surface area contributed by atoms with Crippen LogP contribution < -0.4 is 9.62 Å². The van der Waals surface area contributed by atoms with Crippen molar-refractivity contribution in [3.8, 4) is 0 Å². The fourth-order valence-corrected chi connectivity index (χ4v) is 5.15. The lowest BCUT2D eigenvalue weighted by molar-refractivity contribution is -0.139. The van der Waals surface area contributed by atoms with E-state index in [-0.39, 0.29) is 28.7 Å². The summed E-state index contributed by atoms with van der Waals surface area (Å²) in [5.41, 5.74) is 0.231. The number of rotatable bonds is 11. The number of carbonyl (C=O) groups is 2. The summed E-state index contributed by atoms with van der Waals surface area (Å²) in [6, 6.07) is 16.8. The van der Waals surface area contributed by atoms with Gasteiger partial charge < -0.3 is 10.2 Å². The maximum Gasteiger partial charge on any atom is 0.264 e. The Morgan fingerprint density at radius 1 is 0.895 bits per heavy atom. The molecule has 2 amide bonds. The monoisotopic (exact) mass is 543 g/mol. The maximum absolute atomic E-state index is 14.5. The van der Waals surface area contributed by atoms with Gasteiger partial charge in [-0.3, -0.25) is 13.9 Å². The molecule has 38 heavy (non-hydrogen) atoms. The van der Waals surface area contributed by atoms with Crippen molar-refractivity contribution in [2.75, 3.05) is 10.8 Å². The smallest absolute Gasteiger partial charge is 0.264 e. The summed E-state index contributed by atoms with van der Waals surface area (Å²) in [6.07, 6.45) is 0.660. The highest BCUT2D eigenvalue weighted by Crippen LogP contribution is 2.25. The Kier molecular flexibility index (Phi) is 9.57. The fraction of sp³-hybridized carbons (Fsp3) is 0.286. The van der Waals surface area contributed by atoms with Crippen LogP contribution in [-0.4, -0.2) is 43.8 Å². The van der Waals surface area contributed by atoms with Crippen LogP contribution in [0.4, 0.5) is 14.5 Å². The molecule has 0 fully saturated rings. The number of nitrogens with one attached hydrogen (secondary N) is 1. The van der Waals surface area contributed by atoms with Gasteiger partial charge in [0.05, 0.1) is 10.6 Å². The summed E-state index contributed by atoms with van der Waals surface area (Å²) in [4.78, 5) is 27.8. The number of nitrogens with zero attached hydrogens (tertiary/aromatic N) is 2. The predicted molar refractivity (Wildman–Crippen MR) is 142 cm³/mol. The van der Waals surface area contributed by atoms with Crippen molar-refractivity contribution in [2.45, 2.75) is 50.7 Å². The van der Waals surface area contributed by atoms with Crippen LogP contribution in [0.3, 0.4) is 0 Å². The van der Waals surface area contributed by atoms with Gasteiger partial charge in [0.25, 0.3) is 10.0 Å². The number of carbonyl (C=O) groups excluding carboxylic acids is 2. The molecular weight excluding hydrogens is 512 g/mol. The molecule has 0 aliphatic rings. The van der Waals surface area contributed by atoms with E-state index in [9.17, 15) is 26.8 Å². The predicted octanol–water partition coefficient (Wildman–Crippen LogP) is 4.49. The average Bonchev–Trinajstić information content (AvgIpc) is 2.91. The molecule has 0 heterocycles. The van der Waals surface area contributed by atoms with Gasteiger partial charge in [-0.1, -0.05) is 43.3 Å². The van der Waals surface area contributed by atoms with Crippen LogP contribution in [-0.2, 0) is 26.2 Å². The average molecular weight is 544 g/mol. The van der Waals surface area contributed by atoms with Gasteiger partial charge in [-0.2, -0.15) is 0 Å². The molecule has 0 aromatic heterocycles. The van der Waals surface area contributed by atoms with Crippen molar-refractivity contribution in [3.63, 3.8) is 0 Å². The molecule has 0 radical (unpaired) electrons. The third-order valence-corrected chi connectivity index (χ3v) is 7.98. The van der Waals surface area contributed by atoms with Crippen molar-refractivity contribution >= 4 is 27.5 Å². The Labute approximate surface area is 222 Å². The van der Waals surface area contributed by atoms with E-state index in [1.54, 1.807) is 24.3 Å². The number of sulfonamides is 1. The van der Waals surface area contributed by atoms with E-state index < -0.39 is 46.1 Å². The highest BCUT2D eigenvalue weighted by Gasteiger charge is 2.33. The van der Waals surface area contributed by atoms with Crippen molar-refractivity contribution in [1.82, 2.24) is 10.2 Å². The molecule has 2 atom stereocenters. The van der Waals surface area contributed by atoms with E-state index >= 15 is 0 Å². The Morgan fingerprint density at radius 2 is 1.50 bits per heavy atom. The molecule has 202 valence electrons. The van der Waals surface area contributed by atoms with Crippen LogP contribution >= 0.6 is 0 Å². The quantitative estimate of drug-likeness (QED) is 0.386. The van der Waals surface area contributed by atoms with Crippen LogP contribution in [0.2, 0.25) is 0 Å². The lowest BCUT2D eigenvalue weighted by Gasteiger charge is -2.32. The zero-order valence-corrected chi connectivity index (χ0v) is 22.3. The lowest BCUT2D eigenvalue weighted by atomic mass is 10.1. The fourth-order valence-electron chi connectivity index (χ4n) is 3.71. The molecule has 3 aromatic carbocycles. The SMILES string of the molecule is CC[C@H](C)NC(=O)[C@H](C)N(Cc1ccccc1F)C(=O)CN(c1ccc(F)cc1)S(=O)(=O)c1ccccc1. The number of anilines is 1. The topological polar surface area (TPSA) is 86.8 Å². The van der Waals surface area contributed by atoms with Gasteiger partial charge in [0, 0.05) is 18.2 Å². The maximum atomic E-state index is 14.5. The molecule has 0 saturated heterocycles. The lowest BCUT2D eigenvalue weighted by Crippen LogP contribution is -2.52. The summed E-state index contributed by atoms with van der Waals surface area (Å²) in [7, 11) is -4.26. The van der Waals surface area contributed by atoms with Crippen molar-refractivity contribution in [1.29, 1.82) is 0 Å². The first kappa shape index (κ1) is 28.8. The van der Waals surface area contributed by atoms with E-state index in [0.29, 0.717) is 6.42 Å². The molecule has 3 rings (SSSR count). The van der Waals surface area contributed by atoms with Gasteiger partial charge in [-0.05, 0) is 62.7 Å². The Balaban J connectivity index is 2.02. The summed E-state index contributed by atoms with van der Waals surface area (Å²) in [6.45, 7) is 4.26. The molecule has 7 nitrogen and oxygen atoms in total. The second kappa shape index (κ2) is 12.6. The summed E-state index contributed by atoms with van der Waals surface area (Å²) in [5.74, 6) is -2.33. The first-order chi connectivity index (χ1) is 18.0. The molecule has 1 N–H and O–H groups in total. The third kappa shape index (κ3) is 6.95. The summed E-state index contributed by atoms with van der Waals surface area (Å²) in [5, 5.41) is 2.81. The van der Waals surface area contributed by atoms with Gasteiger partial charge in [-0.25, -0.2) is 17.2 Å². The highest BCUT2D eigenvalue weighted by atomic mass is 32.2. The van der Waals surface area contributed by atoms with Crippen LogP contribution in [0.15, 0.2) is 83.8 Å². The first-order valence-electron chi connectivity index (χ1n) is 12.2. The third-order valence-electron chi connectivity index (χ3n) is 6.19. The van der Waals surface area contributed by atoms with Crippen LogP contribution in [0.25, 0.3) is 0 Å². The van der Waals surface area contributed by atoms with Crippen LogP contribution in [0, 0.1) is 11.6 Å². The molecular formula is C28H31F2N3O4S. The second-order valence-corrected chi connectivity index (χ2v) is 10.8. The molecule has 0 saturated carbocycles. The minimum atomic E-state index is -4.26. The standard InChI is InChI=1S/C28H31F2N3O4S/c1-4-20(2)31-28(35)21(3)32(18-22-10-8-9-13-26(22)30)27(34)19-33(24-16-14-23(29)15-17-24)38(36,37)25-11-6-5-7-12-25/h5-17,20-21H,4,18-19H2,1-3H3,(H,31,35)/t20-,21-/m0/s1. The Morgan fingerprint density at radius 3 is 2.11 bits per heavy atom. The molecule has 0 unspecified atom stereocenters. The molecule has 0 spiro atoms. The van der Waals surface area contributed by atoms with Crippen molar-refractivity contribution < 1.29 is 26.8 Å². The minimum Gasteiger partial charge on any atom is -0.352 e. The number of hydrogen-bond donors (Lipinski definition) is 1. The van der Waals surface area contributed by atoms with Gasteiger partial charge in [0.15, 0.2) is 0 Å². The molecule has 3 aromatic rings. The van der Waals surface area contributed by atoms with E-state index in [4.69, 9.17) is 0 Å². The van der Waals surface area contributed by atoms with Crippen LogP contribution in [0.1, 0.15) is 32.8 Å². The van der Waals surface area contributed by atoms with E-state index in [2.05, 4.69) is 5.32 Å². The van der Waals surface area contributed by atoms with E-state index in [1.807, 2.05) is 13.8 Å². The van der Waals surface area contributed by atoms with Gasteiger partial charge in [0.1, 0.15) is 24.2 Å². The van der Waals surface area contributed by atoms with Gasteiger partial charge in [-0.15, -0.1) is 0 Å². The van der Waals surface area contributed by atoms with Crippen molar-refractivity contribution in [2.24, 2.45) is 0 Å². The number of halogens is 2. The zero-order chi connectivity index (χ0) is 27.9. The number of hydrogen-bond acceptors (Lipinski definition) is 4. The highest BCUT2D eigenvalue weighted by molar-refractivity contribution is 7.92. The Hall–Kier alpha value is -3.79. The zero-order valence-electron chi connectivity index (χ0n) is 21.5. The largest absolute Gasteiger partial charge is 0.352 e. The summed E-state index contributed by atoms with van der Waals surface area (Å²) >= 11 is 0.